The van der Waals surface area contributed by atoms with E-state index in [9.17, 15) is 4.79 Å². The molecule has 98 valence electrons. The maximum atomic E-state index is 12.4. The number of hydrogen-bond acceptors (Lipinski definition) is 2. The lowest BCUT2D eigenvalue weighted by atomic mass is 9.80. The summed E-state index contributed by atoms with van der Waals surface area (Å²) in [6, 6.07) is 0.549. The van der Waals surface area contributed by atoms with Gasteiger partial charge < -0.3 is 4.90 Å². The summed E-state index contributed by atoms with van der Waals surface area (Å²) in [5.74, 6) is 1.54. The van der Waals surface area contributed by atoms with E-state index in [1.165, 1.54) is 12.8 Å². The van der Waals surface area contributed by atoms with E-state index < -0.39 is 0 Å². The molecule has 0 radical (unpaired) electrons. The molecule has 0 aromatic rings. The molecule has 2 aliphatic rings. The molecule has 2 rings (SSSR count). The Labute approximate surface area is 105 Å². The van der Waals surface area contributed by atoms with Crippen LogP contribution in [0.1, 0.15) is 53.4 Å². The minimum absolute atomic E-state index is 0.0439. The molecule has 0 aromatic carbocycles. The number of amides is 1. The van der Waals surface area contributed by atoms with Crippen LogP contribution in [0, 0.1) is 11.8 Å². The maximum Gasteiger partial charge on any atom is 0.241 e. The van der Waals surface area contributed by atoms with Crippen LogP contribution in [0.3, 0.4) is 0 Å². The maximum absolute atomic E-state index is 12.4. The molecule has 1 aliphatic heterocycles. The van der Waals surface area contributed by atoms with Crippen molar-refractivity contribution in [3.05, 3.63) is 0 Å². The second-order valence-corrected chi connectivity index (χ2v) is 6.17. The second-order valence-electron chi connectivity index (χ2n) is 6.17. The standard InChI is InChI=1S/C14H26N2O/c1-5-6-12-15-13(9(2)3)14(17)16(12)11-7-10(4)8-11/h9-13,15H,5-8H2,1-4H3. The van der Waals surface area contributed by atoms with Crippen LogP contribution in [-0.4, -0.2) is 29.1 Å². The number of carbonyl (C=O) groups is 1. The molecule has 0 bridgehead atoms. The van der Waals surface area contributed by atoms with Crippen LogP contribution in [-0.2, 0) is 4.79 Å². The molecular formula is C14H26N2O. The van der Waals surface area contributed by atoms with Crippen molar-refractivity contribution >= 4 is 5.91 Å². The Kier molecular flexibility index (Phi) is 3.76. The fourth-order valence-corrected chi connectivity index (χ4v) is 3.17. The van der Waals surface area contributed by atoms with Crippen molar-refractivity contribution in [2.75, 3.05) is 0 Å². The van der Waals surface area contributed by atoms with Crippen LogP contribution in [0.5, 0.6) is 0 Å². The minimum atomic E-state index is 0.0439. The second kappa shape index (κ2) is 4.97. The summed E-state index contributed by atoms with van der Waals surface area (Å²) < 4.78 is 0. The number of nitrogens with one attached hydrogen (secondary N) is 1. The van der Waals surface area contributed by atoms with Crippen molar-refractivity contribution in [1.82, 2.24) is 10.2 Å². The summed E-state index contributed by atoms with van der Waals surface area (Å²) in [6.07, 6.45) is 4.89. The summed E-state index contributed by atoms with van der Waals surface area (Å²) in [6.45, 7) is 8.73. The third-order valence-corrected chi connectivity index (χ3v) is 4.20. The highest BCUT2D eigenvalue weighted by molar-refractivity contribution is 5.85. The lowest BCUT2D eigenvalue weighted by molar-refractivity contribution is -0.135. The van der Waals surface area contributed by atoms with Crippen LogP contribution >= 0.6 is 0 Å². The van der Waals surface area contributed by atoms with Crippen molar-refractivity contribution in [1.29, 1.82) is 0 Å². The minimum Gasteiger partial charge on any atom is -0.323 e. The Morgan fingerprint density at radius 2 is 2.06 bits per heavy atom. The van der Waals surface area contributed by atoms with Gasteiger partial charge in [-0.05, 0) is 31.1 Å². The number of nitrogens with zero attached hydrogens (tertiary/aromatic N) is 1. The zero-order chi connectivity index (χ0) is 12.6. The van der Waals surface area contributed by atoms with Gasteiger partial charge in [-0.25, -0.2) is 0 Å². The van der Waals surface area contributed by atoms with E-state index in [4.69, 9.17) is 0 Å². The number of rotatable bonds is 4. The van der Waals surface area contributed by atoms with Crippen molar-refractivity contribution in [3.8, 4) is 0 Å². The van der Waals surface area contributed by atoms with Gasteiger partial charge in [-0.2, -0.15) is 0 Å². The van der Waals surface area contributed by atoms with Gasteiger partial charge in [0, 0.05) is 6.04 Å². The van der Waals surface area contributed by atoms with Crippen LogP contribution in [0.25, 0.3) is 0 Å². The summed E-state index contributed by atoms with van der Waals surface area (Å²) in [5.41, 5.74) is 0. The predicted octanol–water partition coefficient (Wildman–Crippen LogP) is 2.37. The molecule has 1 amide bonds. The predicted molar refractivity (Wildman–Crippen MR) is 69.5 cm³/mol. The fraction of sp³-hybridized carbons (Fsp3) is 0.929. The zero-order valence-electron chi connectivity index (χ0n) is 11.6. The van der Waals surface area contributed by atoms with Crippen molar-refractivity contribution in [2.45, 2.75) is 71.6 Å². The molecule has 3 nitrogen and oxygen atoms in total. The first-order valence-corrected chi connectivity index (χ1v) is 7.12. The van der Waals surface area contributed by atoms with Gasteiger partial charge >= 0.3 is 0 Å². The third kappa shape index (κ3) is 2.35. The topological polar surface area (TPSA) is 32.3 Å². The van der Waals surface area contributed by atoms with Crippen LogP contribution in [0.2, 0.25) is 0 Å². The first-order chi connectivity index (χ1) is 8.04. The van der Waals surface area contributed by atoms with Gasteiger partial charge in [-0.1, -0.05) is 34.1 Å². The van der Waals surface area contributed by atoms with Crippen molar-refractivity contribution in [3.63, 3.8) is 0 Å². The summed E-state index contributed by atoms with van der Waals surface area (Å²) in [7, 11) is 0. The molecular weight excluding hydrogens is 212 g/mol. The van der Waals surface area contributed by atoms with Gasteiger partial charge in [-0.3, -0.25) is 10.1 Å². The monoisotopic (exact) mass is 238 g/mol. The molecule has 2 fully saturated rings. The van der Waals surface area contributed by atoms with Gasteiger partial charge in [0.25, 0.3) is 0 Å². The average Bonchev–Trinajstić information content (AvgIpc) is 2.52. The van der Waals surface area contributed by atoms with Gasteiger partial charge in [0.2, 0.25) is 5.91 Å². The normalized spacial score (nSPS) is 37.7. The van der Waals surface area contributed by atoms with Gasteiger partial charge in [0.1, 0.15) is 0 Å². The van der Waals surface area contributed by atoms with E-state index in [0.717, 1.165) is 18.8 Å². The molecule has 1 saturated carbocycles. The molecule has 2 atom stereocenters. The molecule has 2 unspecified atom stereocenters. The fourth-order valence-electron chi connectivity index (χ4n) is 3.17. The van der Waals surface area contributed by atoms with Crippen molar-refractivity contribution in [2.24, 2.45) is 11.8 Å². The average molecular weight is 238 g/mol. The molecule has 1 aliphatic carbocycles. The lowest BCUT2D eigenvalue weighted by Gasteiger charge is -2.42. The Balaban J connectivity index is 2.07. The zero-order valence-corrected chi connectivity index (χ0v) is 11.6. The van der Waals surface area contributed by atoms with E-state index in [-0.39, 0.29) is 12.2 Å². The molecule has 0 aromatic heterocycles. The molecule has 1 N–H and O–H groups in total. The first-order valence-electron chi connectivity index (χ1n) is 7.12. The van der Waals surface area contributed by atoms with Gasteiger partial charge in [0.05, 0.1) is 12.2 Å². The van der Waals surface area contributed by atoms with Gasteiger partial charge in [0.15, 0.2) is 0 Å². The summed E-state index contributed by atoms with van der Waals surface area (Å²) in [5, 5.41) is 3.53. The highest BCUT2D eigenvalue weighted by Gasteiger charge is 2.45. The quantitative estimate of drug-likeness (QED) is 0.815. The smallest absolute Gasteiger partial charge is 0.241 e. The van der Waals surface area contributed by atoms with E-state index in [0.29, 0.717) is 17.9 Å². The largest absolute Gasteiger partial charge is 0.323 e. The highest BCUT2D eigenvalue weighted by Crippen LogP contribution is 2.35. The van der Waals surface area contributed by atoms with E-state index >= 15 is 0 Å². The van der Waals surface area contributed by atoms with E-state index in [1.54, 1.807) is 0 Å². The summed E-state index contributed by atoms with van der Waals surface area (Å²) >= 11 is 0. The summed E-state index contributed by atoms with van der Waals surface area (Å²) in [4.78, 5) is 14.6. The van der Waals surface area contributed by atoms with E-state index in [1.807, 2.05) is 0 Å². The Morgan fingerprint density at radius 1 is 1.41 bits per heavy atom. The van der Waals surface area contributed by atoms with Crippen LogP contribution in [0.15, 0.2) is 0 Å². The SMILES string of the molecule is CCCC1NC(C(C)C)C(=O)N1C1CC(C)C1. The Morgan fingerprint density at radius 3 is 2.53 bits per heavy atom. The van der Waals surface area contributed by atoms with Gasteiger partial charge in [-0.15, -0.1) is 0 Å². The van der Waals surface area contributed by atoms with Crippen LogP contribution < -0.4 is 5.32 Å². The number of carbonyl (C=O) groups excluding carboxylic acids is 1. The number of hydrogen-bond donors (Lipinski definition) is 1. The van der Waals surface area contributed by atoms with Crippen LogP contribution in [0.4, 0.5) is 0 Å². The third-order valence-electron chi connectivity index (χ3n) is 4.20. The Hall–Kier alpha value is -0.570. The highest BCUT2D eigenvalue weighted by atomic mass is 16.2. The first kappa shape index (κ1) is 12.9. The molecule has 1 heterocycles. The molecule has 17 heavy (non-hydrogen) atoms. The van der Waals surface area contributed by atoms with Crippen molar-refractivity contribution < 1.29 is 4.79 Å². The van der Waals surface area contributed by atoms with E-state index in [2.05, 4.69) is 37.9 Å². The molecule has 1 saturated heterocycles. The molecule has 0 spiro atoms. The molecule has 3 heteroatoms. The lowest BCUT2D eigenvalue weighted by Crippen LogP contribution is -2.50. The Bertz CT molecular complexity index is 284.